The van der Waals surface area contributed by atoms with Crippen molar-refractivity contribution in [2.24, 2.45) is 0 Å². The predicted molar refractivity (Wildman–Crippen MR) is 76.5 cm³/mol. The first-order valence-electron chi connectivity index (χ1n) is 6.61. The molecule has 0 amide bonds. The molecule has 100 valence electrons. The highest BCUT2D eigenvalue weighted by molar-refractivity contribution is 6.65. The maximum Gasteiger partial charge on any atom is 0.497 e. The molecule has 0 spiro atoms. The molecule has 0 unspecified atom stereocenters. The Hall–Kier alpha value is -1.33. The van der Waals surface area contributed by atoms with Crippen LogP contribution in [0.15, 0.2) is 18.3 Å². The Bertz CT molecular complexity index is 617. The van der Waals surface area contributed by atoms with Crippen LogP contribution in [0, 0.1) is 6.92 Å². The van der Waals surface area contributed by atoms with Gasteiger partial charge >= 0.3 is 7.12 Å². The summed E-state index contributed by atoms with van der Waals surface area (Å²) in [6, 6.07) is 3.98. The average molecular weight is 258 g/mol. The second-order valence-electron chi connectivity index (χ2n) is 6.15. The van der Waals surface area contributed by atoms with Crippen LogP contribution < -0.4 is 5.46 Å². The molecule has 19 heavy (non-hydrogen) atoms. The van der Waals surface area contributed by atoms with E-state index in [0.717, 1.165) is 22.2 Å². The van der Waals surface area contributed by atoms with E-state index < -0.39 is 0 Å². The van der Waals surface area contributed by atoms with Gasteiger partial charge in [-0.15, -0.1) is 0 Å². The summed E-state index contributed by atoms with van der Waals surface area (Å²) in [5, 5.41) is 1.07. The minimum Gasteiger partial charge on any atom is -0.399 e. The van der Waals surface area contributed by atoms with Crippen LogP contribution in [0.3, 0.4) is 0 Å². The SMILES string of the molecule is Cc1[nH]c2ncccc2c1B1OC(C)(C)C(C)(C)O1. The minimum atomic E-state index is -0.344. The number of fused-ring (bicyclic) bond motifs is 1. The van der Waals surface area contributed by atoms with E-state index >= 15 is 0 Å². The third-order valence-electron chi connectivity index (χ3n) is 4.30. The highest BCUT2D eigenvalue weighted by Crippen LogP contribution is 2.37. The topological polar surface area (TPSA) is 47.1 Å². The molecule has 2 aromatic rings. The van der Waals surface area contributed by atoms with Crippen LogP contribution in [0.25, 0.3) is 11.0 Å². The second-order valence-corrected chi connectivity index (χ2v) is 6.15. The molecule has 0 aliphatic carbocycles. The Morgan fingerprint density at radius 3 is 2.42 bits per heavy atom. The number of hydrogen-bond donors (Lipinski definition) is 1. The highest BCUT2D eigenvalue weighted by Gasteiger charge is 2.52. The van der Waals surface area contributed by atoms with Crippen molar-refractivity contribution in [3.8, 4) is 0 Å². The second kappa shape index (κ2) is 3.84. The summed E-state index contributed by atoms with van der Waals surface area (Å²) < 4.78 is 12.3. The molecule has 0 saturated carbocycles. The molecule has 1 aliphatic rings. The fraction of sp³-hybridized carbons (Fsp3) is 0.500. The summed E-state index contributed by atoms with van der Waals surface area (Å²) in [7, 11) is -0.344. The van der Waals surface area contributed by atoms with Gasteiger partial charge in [0.2, 0.25) is 0 Å². The first-order valence-corrected chi connectivity index (χ1v) is 6.61. The van der Waals surface area contributed by atoms with E-state index in [4.69, 9.17) is 9.31 Å². The third-order valence-corrected chi connectivity index (χ3v) is 4.30. The van der Waals surface area contributed by atoms with Crippen LogP contribution in [-0.4, -0.2) is 28.3 Å². The zero-order chi connectivity index (χ0) is 13.8. The lowest BCUT2D eigenvalue weighted by atomic mass is 9.77. The summed E-state index contributed by atoms with van der Waals surface area (Å²) in [6.07, 6.45) is 1.78. The monoisotopic (exact) mass is 258 g/mol. The number of hydrogen-bond acceptors (Lipinski definition) is 3. The quantitative estimate of drug-likeness (QED) is 0.797. The fourth-order valence-electron chi connectivity index (χ4n) is 2.43. The van der Waals surface area contributed by atoms with E-state index in [-0.39, 0.29) is 18.3 Å². The van der Waals surface area contributed by atoms with Crippen molar-refractivity contribution in [2.45, 2.75) is 45.8 Å². The Kier molecular flexibility index (Phi) is 2.56. The van der Waals surface area contributed by atoms with Crippen molar-refractivity contribution in [2.75, 3.05) is 0 Å². The fourth-order valence-corrected chi connectivity index (χ4v) is 2.43. The van der Waals surface area contributed by atoms with Crippen molar-refractivity contribution >= 4 is 23.6 Å². The van der Waals surface area contributed by atoms with Gasteiger partial charge in [-0.25, -0.2) is 4.98 Å². The standard InChI is InChI=1S/C14H19BN2O2/c1-9-11(10-7-6-8-16-12(10)17-9)15-18-13(2,3)14(4,5)19-15/h6-8H,1-5H3,(H,16,17). The van der Waals surface area contributed by atoms with Crippen molar-refractivity contribution in [1.82, 2.24) is 9.97 Å². The molecule has 2 aromatic heterocycles. The lowest BCUT2D eigenvalue weighted by Crippen LogP contribution is -2.41. The summed E-state index contributed by atoms with van der Waals surface area (Å²) in [5.41, 5.74) is 2.34. The molecule has 3 rings (SSSR count). The van der Waals surface area contributed by atoms with E-state index in [1.165, 1.54) is 0 Å². The molecule has 4 nitrogen and oxygen atoms in total. The number of aryl methyl sites for hydroxylation is 1. The number of nitrogens with one attached hydrogen (secondary N) is 1. The van der Waals surface area contributed by atoms with Gasteiger partial charge < -0.3 is 14.3 Å². The molecular formula is C14H19BN2O2. The Balaban J connectivity index is 2.10. The van der Waals surface area contributed by atoms with Crippen LogP contribution in [0.1, 0.15) is 33.4 Å². The number of nitrogens with zero attached hydrogens (tertiary/aromatic N) is 1. The van der Waals surface area contributed by atoms with Crippen LogP contribution >= 0.6 is 0 Å². The molecule has 0 aromatic carbocycles. The molecule has 0 radical (unpaired) electrons. The van der Waals surface area contributed by atoms with Gasteiger partial charge in [-0.05, 0) is 40.7 Å². The van der Waals surface area contributed by atoms with Gasteiger partial charge in [0, 0.05) is 22.7 Å². The van der Waals surface area contributed by atoms with Gasteiger partial charge in [0.25, 0.3) is 0 Å². The summed E-state index contributed by atoms with van der Waals surface area (Å²) >= 11 is 0. The molecule has 1 saturated heterocycles. The zero-order valence-electron chi connectivity index (χ0n) is 12.1. The van der Waals surface area contributed by atoms with E-state index in [1.54, 1.807) is 6.20 Å². The number of H-pyrrole nitrogens is 1. The van der Waals surface area contributed by atoms with Gasteiger partial charge in [0.05, 0.1) is 11.2 Å². The van der Waals surface area contributed by atoms with Crippen molar-refractivity contribution in [3.63, 3.8) is 0 Å². The van der Waals surface area contributed by atoms with Crippen LogP contribution in [-0.2, 0) is 9.31 Å². The van der Waals surface area contributed by atoms with Gasteiger partial charge in [-0.1, -0.05) is 6.07 Å². The van der Waals surface area contributed by atoms with E-state index in [9.17, 15) is 0 Å². The largest absolute Gasteiger partial charge is 0.497 e. The molecule has 1 fully saturated rings. The summed E-state index contributed by atoms with van der Waals surface area (Å²) in [4.78, 5) is 7.63. The Morgan fingerprint density at radius 2 is 1.79 bits per heavy atom. The van der Waals surface area contributed by atoms with Crippen LogP contribution in [0.5, 0.6) is 0 Å². The molecule has 3 heterocycles. The van der Waals surface area contributed by atoms with Gasteiger partial charge in [-0.2, -0.15) is 0 Å². The first kappa shape index (κ1) is 12.7. The lowest BCUT2D eigenvalue weighted by molar-refractivity contribution is 0.00578. The number of rotatable bonds is 1. The Morgan fingerprint density at radius 1 is 1.16 bits per heavy atom. The van der Waals surface area contributed by atoms with Crippen LogP contribution in [0.2, 0.25) is 0 Å². The van der Waals surface area contributed by atoms with E-state index in [1.807, 2.05) is 19.1 Å². The smallest absolute Gasteiger partial charge is 0.399 e. The van der Waals surface area contributed by atoms with Crippen molar-refractivity contribution in [3.05, 3.63) is 24.0 Å². The molecule has 0 bridgehead atoms. The van der Waals surface area contributed by atoms with E-state index in [2.05, 4.69) is 37.7 Å². The van der Waals surface area contributed by atoms with Crippen molar-refractivity contribution < 1.29 is 9.31 Å². The number of pyridine rings is 1. The van der Waals surface area contributed by atoms with Crippen molar-refractivity contribution in [1.29, 1.82) is 0 Å². The normalized spacial score (nSPS) is 21.2. The molecule has 5 heteroatoms. The summed E-state index contributed by atoms with van der Waals surface area (Å²) in [5.74, 6) is 0. The highest BCUT2D eigenvalue weighted by atomic mass is 16.7. The van der Waals surface area contributed by atoms with Gasteiger partial charge in [0.15, 0.2) is 0 Å². The third kappa shape index (κ3) is 1.80. The van der Waals surface area contributed by atoms with Gasteiger partial charge in [-0.3, -0.25) is 0 Å². The van der Waals surface area contributed by atoms with Crippen LogP contribution in [0.4, 0.5) is 0 Å². The number of aromatic amines is 1. The van der Waals surface area contributed by atoms with Gasteiger partial charge in [0.1, 0.15) is 5.65 Å². The van der Waals surface area contributed by atoms with E-state index in [0.29, 0.717) is 0 Å². The summed E-state index contributed by atoms with van der Waals surface area (Å²) in [6.45, 7) is 10.3. The molecule has 1 N–H and O–H groups in total. The minimum absolute atomic E-state index is 0.324. The predicted octanol–water partition coefficient (Wildman–Crippen LogP) is 2.17. The molecular weight excluding hydrogens is 239 g/mol. The average Bonchev–Trinajstić information content (AvgIpc) is 2.72. The first-order chi connectivity index (χ1) is 8.82. The maximum atomic E-state index is 6.13. The number of aromatic nitrogens is 2. The lowest BCUT2D eigenvalue weighted by Gasteiger charge is -2.32. The maximum absolute atomic E-state index is 6.13. The molecule has 0 atom stereocenters. The molecule has 1 aliphatic heterocycles. The Labute approximate surface area is 113 Å². The zero-order valence-corrected chi connectivity index (χ0v) is 12.1.